The average Bonchev–Trinajstić information content (AvgIpc) is 2.85. The predicted molar refractivity (Wildman–Crippen MR) is 74.9 cm³/mol. The van der Waals surface area contributed by atoms with Crippen LogP contribution in [-0.4, -0.2) is 30.0 Å². The van der Waals surface area contributed by atoms with Gasteiger partial charge in [0.1, 0.15) is 5.60 Å². The molecule has 18 heavy (non-hydrogen) atoms. The SMILES string of the molecule is CCC(Cl)N[C@H]1CC[C@H](C(=O)C(C)(CC)OC)C1. The number of ether oxygens (including phenoxy) is 1. The van der Waals surface area contributed by atoms with E-state index in [1.165, 1.54) is 0 Å². The number of halogens is 1. The molecular weight excluding hydrogens is 250 g/mol. The monoisotopic (exact) mass is 275 g/mol. The van der Waals surface area contributed by atoms with E-state index < -0.39 is 5.60 Å². The molecule has 0 heterocycles. The summed E-state index contributed by atoms with van der Waals surface area (Å²) >= 11 is 6.10. The number of rotatable bonds is 7. The van der Waals surface area contributed by atoms with E-state index in [1.807, 2.05) is 13.8 Å². The highest BCUT2D eigenvalue weighted by Gasteiger charge is 2.40. The number of methoxy groups -OCH3 is 1. The van der Waals surface area contributed by atoms with Gasteiger partial charge in [0, 0.05) is 19.1 Å². The topological polar surface area (TPSA) is 38.3 Å². The van der Waals surface area contributed by atoms with Crippen LogP contribution in [0.1, 0.15) is 52.9 Å². The van der Waals surface area contributed by atoms with Crippen molar-refractivity contribution >= 4 is 17.4 Å². The largest absolute Gasteiger partial charge is 0.371 e. The smallest absolute Gasteiger partial charge is 0.167 e. The Bertz CT molecular complexity index is 279. The maximum absolute atomic E-state index is 12.4. The van der Waals surface area contributed by atoms with Gasteiger partial charge in [0.25, 0.3) is 0 Å². The maximum Gasteiger partial charge on any atom is 0.167 e. The molecule has 0 aromatic heterocycles. The summed E-state index contributed by atoms with van der Waals surface area (Å²) in [6, 6.07) is 0.374. The molecule has 0 aromatic carbocycles. The number of carbonyl (C=O) groups excluding carboxylic acids is 1. The van der Waals surface area contributed by atoms with Crippen molar-refractivity contribution in [2.24, 2.45) is 5.92 Å². The lowest BCUT2D eigenvalue weighted by Gasteiger charge is -2.28. The van der Waals surface area contributed by atoms with Crippen LogP contribution < -0.4 is 5.32 Å². The maximum atomic E-state index is 12.4. The van der Waals surface area contributed by atoms with E-state index in [0.29, 0.717) is 6.04 Å². The Morgan fingerprint density at radius 3 is 2.67 bits per heavy atom. The van der Waals surface area contributed by atoms with Crippen LogP contribution in [0.2, 0.25) is 0 Å². The fourth-order valence-corrected chi connectivity index (χ4v) is 2.77. The van der Waals surface area contributed by atoms with Crippen molar-refractivity contribution in [2.45, 2.75) is 70.0 Å². The van der Waals surface area contributed by atoms with Crippen molar-refractivity contribution in [1.29, 1.82) is 0 Å². The van der Waals surface area contributed by atoms with Crippen molar-refractivity contribution in [1.82, 2.24) is 5.32 Å². The second kappa shape index (κ2) is 6.88. The molecule has 3 nitrogen and oxygen atoms in total. The molecule has 0 radical (unpaired) electrons. The fourth-order valence-electron chi connectivity index (χ4n) is 2.60. The number of nitrogens with one attached hydrogen (secondary N) is 1. The second-order valence-electron chi connectivity index (χ2n) is 5.40. The lowest BCUT2D eigenvalue weighted by Crippen LogP contribution is -2.41. The van der Waals surface area contributed by atoms with Gasteiger partial charge in [0.15, 0.2) is 5.78 Å². The van der Waals surface area contributed by atoms with Gasteiger partial charge >= 0.3 is 0 Å². The molecule has 0 spiro atoms. The summed E-state index contributed by atoms with van der Waals surface area (Å²) in [5, 5.41) is 3.37. The van der Waals surface area contributed by atoms with Crippen molar-refractivity contribution in [2.75, 3.05) is 7.11 Å². The first-order valence-corrected chi connectivity index (χ1v) is 7.40. The number of ketones is 1. The Hall–Kier alpha value is -0.120. The van der Waals surface area contributed by atoms with Crippen LogP contribution in [-0.2, 0) is 9.53 Å². The number of carbonyl (C=O) groups is 1. The zero-order valence-electron chi connectivity index (χ0n) is 12.0. The van der Waals surface area contributed by atoms with Crippen LogP contribution >= 0.6 is 11.6 Å². The Morgan fingerprint density at radius 2 is 2.17 bits per heavy atom. The van der Waals surface area contributed by atoms with E-state index in [2.05, 4.69) is 12.2 Å². The van der Waals surface area contributed by atoms with Gasteiger partial charge in [-0.05, 0) is 39.0 Å². The second-order valence-corrected chi connectivity index (χ2v) is 5.93. The third-order valence-electron chi connectivity index (χ3n) is 4.22. The molecule has 4 heteroatoms. The standard InChI is InChI=1S/C14H26ClNO2/c1-5-12(15)16-11-8-7-10(9-11)13(17)14(3,6-2)18-4/h10-12,16H,5-9H2,1-4H3/t10-,11-,12?,14?/m0/s1. The molecule has 0 bridgehead atoms. The molecule has 2 unspecified atom stereocenters. The molecule has 1 rings (SSSR count). The zero-order valence-corrected chi connectivity index (χ0v) is 12.7. The minimum Gasteiger partial charge on any atom is -0.371 e. The summed E-state index contributed by atoms with van der Waals surface area (Å²) in [5.74, 6) is 0.368. The molecule has 0 aliphatic heterocycles. The van der Waals surface area contributed by atoms with E-state index in [4.69, 9.17) is 16.3 Å². The minimum atomic E-state index is -0.620. The van der Waals surface area contributed by atoms with E-state index >= 15 is 0 Å². The van der Waals surface area contributed by atoms with Gasteiger partial charge in [-0.15, -0.1) is 11.6 Å². The van der Waals surface area contributed by atoms with Crippen LogP contribution in [0.4, 0.5) is 0 Å². The van der Waals surface area contributed by atoms with Crippen LogP contribution in [0.25, 0.3) is 0 Å². The van der Waals surface area contributed by atoms with Gasteiger partial charge in [-0.1, -0.05) is 13.8 Å². The van der Waals surface area contributed by atoms with Crippen LogP contribution in [0.5, 0.6) is 0 Å². The van der Waals surface area contributed by atoms with E-state index in [9.17, 15) is 4.79 Å². The summed E-state index contributed by atoms with van der Waals surface area (Å²) in [5.41, 5.74) is -0.603. The van der Waals surface area contributed by atoms with E-state index in [-0.39, 0.29) is 17.2 Å². The normalized spacial score (nSPS) is 28.9. The van der Waals surface area contributed by atoms with Gasteiger partial charge in [-0.25, -0.2) is 0 Å². The number of Topliss-reactive ketones (excluding diaryl/α,β-unsaturated/α-hetero) is 1. The summed E-state index contributed by atoms with van der Waals surface area (Å²) < 4.78 is 5.40. The lowest BCUT2D eigenvalue weighted by atomic mass is 9.87. The van der Waals surface area contributed by atoms with Gasteiger partial charge in [0.05, 0.1) is 5.50 Å². The fraction of sp³-hybridized carbons (Fsp3) is 0.929. The molecule has 1 saturated carbocycles. The quantitative estimate of drug-likeness (QED) is 0.573. The average molecular weight is 276 g/mol. The first-order chi connectivity index (χ1) is 8.46. The molecule has 4 atom stereocenters. The Labute approximate surface area is 116 Å². The Balaban J connectivity index is 2.53. The highest BCUT2D eigenvalue weighted by molar-refractivity contribution is 6.20. The van der Waals surface area contributed by atoms with Crippen LogP contribution in [0, 0.1) is 5.92 Å². The number of alkyl halides is 1. The van der Waals surface area contributed by atoms with Crippen LogP contribution in [0.15, 0.2) is 0 Å². The molecule has 1 fully saturated rings. The van der Waals surface area contributed by atoms with Crippen molar-refractivity contribution in [3.8, 4) is 0 Å². The zero-order chi connectivity index (χ0) is 13.8. The summed E-state index contributed by atoms with van der Waals surface area (Å²) in [7, 11) is 1.62. The third-order valence-corrected chi connectivity index (χ3v) is 4.66. The predicted octanol–water partition coefficient (Wildman–Crippen LogP) is 3.10. The van der Waals surface area contributed by atoms with Gasteiger partial charge in [0.2, 0.25) is 0 Å². The van der Waals surface area contributed by atoms with Crippen molar-refractivity contribution in [3.63, 3.8) is 0 Å². The molecule has 0 saturated heterocycles. The molecule has 0 amide bonds. The minimum absolute atomic E-state index is 0.0174. The van der Waals surface area contributed by atoms with Crippen molar-refractivity contribution < 1.29 is 9.53 Å². The molecule has 1 aliphatic carbocycles. The third kappa shape index (κ3) is 3.69. The first kappa shape index (κ1) is 15.9. The summed E-state index contributed by atoms with van der Waals surface area (Å²) in [6.07, 6.45) is 4.50. The summed E-state index contributed by atoms with van der Waals surface area (Å²) in [4.78, 5) is 12.4. The number of hydrogen-bond acceptors (Lipinski definition) is 3. The number of hydrogen-bond donors (Lipinski definition) is 1. The van der Waals surface area contributed by atoms with Gasteiger partial charge < -0.3 is 4.74 Å². The Kier molecular flexibility index (Phi) is 6.09. The highest BCUT2D eigenvalue weighted by atomic mass is 35.5. The van der Waals surface area contributed by atoms with Gasteiger partial charge in [-0.2, -0.15) is 0 Å². The van der Waals surface area contributed by atoms with E-state index in [0.717, 1.165) is 32.1 Å². The molecule has 1 aliphatic rings. The van der Waals surface area contributed by atoms with Gasteiger partial charge in [-0.3, -0.25) is 10.1 Å². The van der Waals surface area contributed by atoms with Crippen LogP contribution in [0.3, 0.4) is 0 Å². The Morgan fingerprint density at radius 1 is 1.50 bits per heavy atom. The van der Waals surface area contributed by atoms with E-state index in [1.54, 1.807) is 7.11 Å². The molecular formula is C14H26ClNO2. The lowest BCUT2D eigenvalue weighted by molar-refractivity contribution is -0.143. The molecule has 106 valence electrons. The van der Waals surface area contributed by atoms with Crippen molar-refractivity contribution in [3.05, 3.63) is 0 Å². The molecule has 0 aromatic rings. The first-order valence-electron chi connectivity index (χ1n) is 6.96. The summed E-state index contributed by atoms with van der Waals surface area (Å²) in [6.45, 7) is 5.95. The highest BCUT2D eigenvalue weighted by Crippen LogP contribution is 2.32. The molecule has 1 N–H and O–H groups in total.